The summed E-state index contributed by atoms with van der Waals surface area (Å²) in [6.45, 7) is 8.97. The van der Waals surface area contributed by atoms with E-state index >= 15 is 0 Å². The van der Waals surface area contributed by atoms with Crippen molar-refractivity contribution in [3.63, 3.8) is 0 Å². The molecular weight excluding hydrogens is 310 g/mol. The Bertz CT molecular complexity index is 598. The van der Waals surface area contributed by atoms with Gasteiger partial charge in [0.1, 0.15) is 0 Å². The Morgan fingerprint density at radius 1 is 0.960 bits per heavy atom. The van der Waals surface area contributed by atoms with E-state index in [2.05, 4.69) is 49.9 Å². The van der Waals surface area contributed by atoms with E-state index in [0.29, 0.717) is 19.8 Å². The van der Waals surface area contributed by atoms with Gasteiger partial charge in [-0.05, 0) is 31.4 Å². The van der Waals surface area contributed by atoms with Crippen LogP contribution in [0.5, 0.6) is 0 Å². The predicted octanol–water partition coefficient (Wildman–Crippen LogP) is 4.25. The van der Waals surface area contributed by atoms with Crippen molar-refractivity contribution < 1.29 is 9.84 Å². The lowest BCUT2D eigenvalue weighted by Gasteiger charge is -2.39. The van der Waals surface area contributed by atoms with Gasteiger partial charge in [0.25, 0.3) is 0 Å². The predicted molar refractivity (Wildman–Crippen MR) is 103 cm³/mol. The average Bonchev–Trinajstić information content (AvgIpc) is 2.63. The highest BCUT2D eigenvalue weighted by molar-refractivity contribution is 5.15. The molecule has 0 aliphatic heterocycles. The maximum atomic E-state index is 10.5. The molecule has 2 aromatic carbocycles. The maximum Gasteiger partial charge on any atom is 0.0900 e. The van der Waals surface area contributed by atoms with Gasteiger partial charge < -0.3 is 9.84 Å². The molecule has 0 aromatic heterocycles. The van der Waals surface area contributed by atoms with Crippen LogP contribution in [0, 0.1) is 0 Å². The summed E-state index contributed by atoms with van der Waals surface area (Å²) in [6, 6.07) is 20.5. The molecule has 0 saturated carbocycles. The monoisotopic (exact) mass is 341 g/mol. The summed E-state index contributed by atoms with van der Waals surface area (Å²) in [5, 5.41) is 10.5. The van der Waals surface area contributed by atoms with Crippen molar-refractivity contribution in [3.8, 4) is 0 Å². The van der Waals surface area contributed by atoms with Gasteiger partial charge in [-0.15, -0.1) is 0 Å². The van der Waals surface area contributed by atoms with Crippen molar-refractivity contribution >= 4 is 0 Å². The Morgan fingerprint density at radius 2 is 1.52 bits per heavy atom. The van der Waals surface area contributed by atoms with Gasteiger partial charge in [-0.25, -0.2) is 0 Å². The molecule has 0 radical (unpaired) electrons. The second-order valence-corrected chi connectivity index (χ2v) is 7.19. The van der Waals surface area contributed by atoms with E-state index in [-0.39, 0.29) is 5.54 Å². The van der Waals surface area contributed by atoms with Crippen LogP contribution >= 0.6 is 0 Å². The van der Waals surface area contributed by atoms with Gasteiger partial charge in [0.2, 0.25) is 0 Å². The normalized spacial score (nSPS) is 13.2. The average molecular weight is 341 g/mol. The molecule has 0 aliphatic carbocycles. The summed E-state index contributed by atoms with van der Waals surface area (Å²) in [6.07, 6.45) is 0.524. The van der Waals surface area contributed by atoms with E-state index in [4.69, 9.17) is 4.74 Å². The van der Waals surface area contributed by atoms with E-state index in [1.165, 1.54) is 5.56 Å². The van der Waals surface area contributed by atoms with Crippen LogP contribution in [0.1, 0.15) is 38.3 Å². The third-order valence-electron chi connectivity index (χ3n) is 4.79. The standard InChI is InChI=1S/C22H31NO2/c1-4-22(2,3)23(15-19-11-7-5-8-12-19)16-21(24)18-25-17-20-13-9-6-10-14-20/h5-14,21,24H,4,15-18H2,1-3H3. The molecule has 2 aromatic rings. The summed E-state index contributed by atoms with van der Waals surface area (Å²) in [7, 11) is 0. The molecule has 3 heteroatoms. The first-order valence-corrected chi connectivity index (χ1v) is 9.10. The summed E-state index contributed by atoms with van der Waals surface area (Å²) in [5.41, 5.74) is 2.42. The third-order valence-corrected chi connectivity index (χ3v) is 4.79. The van der Waals surface area contributed by atoms with Crippen molar-refractivity contribution in [1.29, 1.82) is 0 Å². The number of ether oxygens (including phenoxy) is 1. The summed E-state index contributed by atoms with van der Waals surface area (Å²) >= 11 is 0. The molecule has 0 aliphatic rings. The van der Waals surface area contributed by atoms with E-state index in [1.54, 1.807) is 0 Å². The van der Waals surface area contributed by atoms with Gasteiger partial charge in [0, 0.05) is 18.6 Å². The van der Waals surface area contributed by atoms with E-state index in [1.807, 2.05) is 36.4 Å². The number of aliphatic hydroxyl groups excluding tert-OH is 1. The number of aliphatic hydroxyl groups is 1. The van der Waals surface area contributed by atoms with Crippen molar-refractivity contribution in [2.75, 3.05) is 13.2 Å². The Hall–Kier alpha value is -1.68. The minimum absolute atomic E-state index is 0.0241. The zero-order chi connectivity index (χ0) is 18.1. The Kier molecular flexibility index (Phi) is 7.63. The molecule has 1 unspecified atom stereocenters. The van der Waals surface area contributed by atoms with Crippen LogP contribution in [-0.2, 0) is 17.9 Å². The number of hydrogen-bond donors (Lipinski definition) is 1. The zero-order valence-corrected chi connectivity index (χ0v) is 15.7. The van der Waals surface area contributed by atoms with Crippen LogP contribution in [-0.4, -0.2) is 34.8 Å². The SMILES string of the molecule is CCC(C)(C)N(Cc1ccccc1)CC(O)COCc1ccccc1. The Balaban J connectivity index is 1.89. The van der Waals surface area contributed by atoms with Crippen LogP contribution in [0.4, 0.5) is 0 Å². The topological polar surface area (TPSA) is 32.7 Å². The summed E-state index contributed by atoms with van der Waals surface area (Å²) in [5.74, 6) is 0. The van der Waals surface area contributed by atoms with Gasteiger partial charge in [-0.2, -0.15) is 0 Å². The molecule has 0 saturated heterocycles. The Morgan fingerprint density at radius 3 is 2.08 bits per heavy atom. The lowest BCUT2D eigenvalue weighted by Crippen LogP contribution is -2.47. The highest BCUT2D eigenvalue weighted by Gasteiger charge is 2.26. The van der Waals surface area contributed by atoms with E-state index < -0.39 is 6.10 Å². The molecule has 3 nitrogen and oxygen atoms in total. The fourth-order valence-corrected chi connectivity index (χ4v) is 2.75. The molecule has 0 bridgehead atoms. The smallest absolute Gasteiger partial charge is 0.0900 e. The van der Waals surface area contributed by atoms with Crippen molar-refractivity contribution in [2.24, 2.45) is 0 Å². The molecule has 136 valence electrons. The fraction of sp³-hybridized carbons (Fsp3) is 0.455. The van der Waals surface area contributed by atoms with Gasteiger partial charge in [0.15, 0.2) is 0 Å². The molecule has 2 rings (SSSR count). The first kappa shape index (κ1) is 19.6. The Labute approximate surface area is 152 Å². The molecular formula is C22H31NO2. The van der Waals surface area contributed by atoms with Gasteiger partial charge in [-0.1, -0.05) is 67.6 Å². The number of hydrogen-bond acceptors (Lipinski definition) is 3. The van der Waals surface area contributed by atoms with Gasteiger partial charge >= 0.3 is 0 Å². The molecule has 0 heterocycles. The first-order valence-electron chi connectivity index (χ1n) is 9.10. The largest absolute Gasteiger partial charge is 0.389 e. The number of nitrogens with zero attached hydrogens (tertiary/aromatic N) is 1. The molecule has 0 spiro atoms. The second-order valence-electron chi connectivity index (χ2n) is 7.19. The minimum atomic E-state index is -0.502. The van der Waals surface area contributed by atoms with Crippen molar-refractivity contribution in [3.05, 3.63) is 71.8 Å². The number of β-amino-alcohol motifs (C(OH)–C–C–N with tert-alkyl or cyclic N) is 1. The van der Waals surface area contributed by atoms with Crippen LogP contribution < -0.4 is 0 Å². The second kappa shape index (κ2) is 9.71. The zero-order valence-electron chi connectivity index (χ0n) is 15.7. The van der Waals surface area contributed by atoms with E-state index in [0.717, 1.165) is 18.5 Å². The minimum Gasteiger partial charge on any atom is -0.389 e. The third kappa shape index (κ3) is 6.62. The molecule has 25 heavy (non-hydrogen) atoms. The van der Waals surface area contributed by atoms with Crippen LogP contribution in [0.15, 0.2) is 60.7 Å². The number of benzene rings is 2. The lowest BCUT2D eigenvalue weighted by molar-refractivity contribution is -0.0139. The fourth-order valence-electron chi connectivity index (χ4n) is 2.75. The van der Waals surface area contributed by atoms with Gasteiger partial charge in [-0.3, -0.25) is 4.90 Å². The molecule has 1 atom stereocenters. The van der Waals surface area contributed by atoms with Crippen LogP contribution in [0.25, 0.3) is 0 Å². The molecule has 0 amide bonds. The quantitative estimate of drug-likeness (QED) is 0.701. The van der Waals surface area contributed by atoms with Gasteiger partial charge in [0.05, 0.1) is 19.3 Å². The first-order chi connectivity index (χ1) is 12.0. The molecule has 1 N–H and O–H groups in total. The van der Waals surface area contributed by atoms with Crippen molar-refractivity contribution in [1.82, 2.24) is 4.90 Å². The molecule has 0 fully saturated rings. The maximum absolute atomic E-state index is 10.5. The lowest BCUT2D eigenvalue weighted by atomic mass is 9.97. The highest BCUT2D eigenvalue weighted by atomic mass is 16.5. The van der Waals surface area contributed by atoms with Crippen LogP contribution in [0.2, 0.25) is 0 Å². The summed E-state index contributed by atoms with van der Waals surface area (Å²) in [4.78, 5) is 2.35. The summed E-state index contributed by atoms with van der Waals surface area (Å²) < 4.78 is 5.70. The highest BCUT2D eigenvalue weighted by Crippen LogP contribution is 2.22. The van der Waals surface area contributed by atoms with Crippen molar-refractivity contribution in [2.45, 2.75) is 52.0 Å². The van der Waals surface area contributed by atoms with Crippen LogP contribution in [0.3, 0.4) is 0 Å². The number of rotatable bonds is 10. The van der Waals surface area contributed by atoms with E-state index in [9.17, 15) is 5.11 Å².